The SMILES string of the molecule is CCCCNC(=O)c1ccc(Nc2ccc(NC(C)=O)cc2)nc1. The van der Waals surface area contributed by atoms with E-state index >= 15 is 0 Å². The summed E-state index contributed by atoms with van der Waals surface area (Å²) < 4.78 is 0. The lowest BCUT2D eigenvalue weighted by Gasteiger charge is -2.08. The van der Waals surface area contributed by atoms with Gasteiger partial charge in [-0.3, -0.25) is 9.59 Å². The van der Waals surface area contributed by atoms with E-state index < -0.39 is 0 Å². The molecule has 0 atom stereocenters. The molecule has 2 aromatic rings. The molecular weight excluding hydrogens is 304 g/mol. The number of anilines is 3. The first-order chi connectivity index (χ1) is 11.6. The molecule has 0 aliphatic rings. The molecular formula is C18H22N4O2. The maximum atomic E-state index is 11.9. The van der Waals surface area contributed by atoms with Crippen LogP contribution in [0.1, 0.15) is 37.0 Å². The van der Waals surface area contributed by atoms with Crippen LogP contribution in [0.2, 0.25) is 0 Å². The van der Waals surface area contributed by atoms with Gasteiger partial charge in [0.2, 0.25) is 5.91 Å². The molecule has 24 heavy (non-hydrogen) atoms. The third kappa shape index (κ3) is 5.39. The van der Waals surface area contributed by atoms with Crippen molar-refractivity contribution in [2.75, 3.05) is 17.2 Å². The quantitative estimate of drug-likeness (QED) is 0.682. The minimum Gasteiger partial charge on any atom is -0.352 e. The van der Waals surface area contributed by atoms with Crippen molar-refractivity contribution in [2.45, 2.75) is 26.7 Å². The van der Waals surface area contributed by atoms with Crippen molar-refractivity contribution in [3.8, 4) is 0 Å². The molecule has 2 rings (SSSR count). The number of carbonyl (C=O) groups excluding carboxylic acids is 2. The van der Waals surface area contributed by atoms with Gasteiger partial charge in [0.1, 0.15) is 5.82 Å². The summed E-state index contributed by atoms with van der Waals surface area (Å²) in [5.41, 5.74) is 2.12. The van der Waals surface area contributed by atoms with Crippen molar-refractivity contribution < 1.29 is 9.59 Å². The van der Waals surface area contributed by atoms with Crippen LogP contribution in [0.4, 0.5) is 17.2 Å². The molecule has 3 N–H and O–H groups in total. The maximum absolute atomic E-state index is 11.9. The number of unbranched alkanes of at least 4 members (excludes halogenated alkanes) is 1. The number of hydrogen-bond acceptors (Lipinski definition) is 4. The summed E-state index contributed by atoms with van der Waals surface area (Å²) in [5.74, 6) is 0.430. The zero-order valence-corrected chi connectivity index (χ0v) is 13.9. The number of hydrogen-bond donors (Lipinski definition) is 3. The van der Waals surface area contributed by atoms with Gasteiger partial charge in [-0.2, -0.15) is 0 Å². The summed E-state index contributed by atoms with van der Waals surface area (Å²) in [7, 11) is 0. The van der Waals surface area contributed by atoms with E-state index in [2.05, 4.69) is 27.9 Å². The molecule has 2 amide bonds. The molecule has 1 aromatic carbocycles. The maximum Gasteiger partial charge on any atom is 0.252 e. The summed E-state index contributed by atoms with van der Waals surface area (Å²) in [6.45, 7) is 4.23. The largest absolute Gasteiger partial charge is 0.352 e. The molecule has 0 spiro atoms. The highest BCUT2D eigenvalue weighted by Crippen LogP contribution is 2.17. The fourth-order valence-corrected chi connectivity index (χ4v) is 2.07. The molecule has 1 aromatic heterocycles. The Labute approximate surface area is 141 Å². The van der Waals surface area contributed by atoms with E-state index in [4.69, 9.17) is 0 Å². The normalized spacial score (nSPS) is 10.1. The van der Waals surface area contributed by atoms with E-state index in [9.17, 15) is 9.59 Å². The number of nitrogens with one attached hydrogen (secondary N) is 3. The third-order valence-corrected chi connectivity index (χ3v) is 3.32. The van der Waals surface area contributed by atoms with Crippen LogP contribution in [0.25, 0.3) is 0 Å². The summed E-state index contributed by atoms with van der Waals surface area (Å²) in [5, 5.41) is 8.71. The highest BCUT2D eigenvalue weighted by atomic mass is 16.2. The van der Waals surface area contributed by atoms with E-state index in [1.54, 1.807) is 30.5 Å². The Morgan fingerprint density at radius 1 is 1.04 bits per heavy atom. The van der Waals surface area contributed by atoms with Crippen LogP contribution in [0, 0.1) is 0 Å². The molecule has 0 aliphatic heterocycles. The van der Waals surface area contributed by atoms with Crippen LogP contribution in [0.15, 0.2) is 42.6 Å². The van der Waals surface area contributed by atoms with Gasteiger partial charge in [0.05, 0.1) is 5.56 Å². The average molecular weight is 326 g/mol. The van der Waals surface area contributed by atoms with Gasteiger partial charge in [0.25, 0.3) is 5.91 Å². The molecule has 126 valence electrons. The number of rotatable bonds is 7. The minimum atomic E-state index is -0.109. The summed E-state index contributed by atoms with van der Waals surface area (Å²) >= 11 is 0. The Morgan fingerprint density at radius 2 is 1.75 bits per heavy atom. The second-order valence-corrected chi connectivity index (χ2v) is 5.43. The Morgan fingerprint density at radius 3 is 2.33 bits per heavy atom. The number of amides is 2. The fourth-order valence-electron chi connectivity index (χ4n) is 2.07. The molecule has 0 saturated carbocycles. The second-order valence-electron chi connectivity index (χ2n) is 5.43. The lowest BCUT2D eigenvalue weighted by atomic mass is 10.2. The highest BCUT2D eigenvalue weighted by molar-refractivity contribution is 5.94. The van der Waals surface area contributed by atoms with Gasteiger partial charge < -0.3 is 16.0 Å². The van der Waals surface area contributed by atoms with Crippen molar-refractivity contribution in [1.82, 2.24) is 10.3 Å². The van der Waals surface area contributed by atoms with Gasteiger partial charge in [-0.05, 0) is 42.8 Å². The van der Waals surface area contributed by atoms with Gasteiger partial charge in [-0.25, -0.2) is 4.98 Å². The van der Waals surface area contributed by atoms with E-state index in [-0.39, 0.29) is 11.8 Å². The van der Waals surface area contributed by atoms with Crippen molar-refractivity contribution in [3.05, 3.63) is 48.2 Å². The Kier molecular flexibility index (Phi) is 6.31. The number of carbonyl (C=O) groups is 2. The van der Waals surface area contributed by atoms with E-state index in [0.717, 1.165) is 24.2 Å². The predicted octanol–water partition coefficient (Wildman–Crippen LogP) is 3.31. The molecule has 0 aliphatic carbocycles. The minimum absolute atomic E-state index is 0.106. The van der Waals surface area contributed by atoms with E-state index in [1.165, 1.54) is 6.92 Å². The molecule has 0 bridgehead atoms. The van der Waals surface area contributed by atoms with Crippen molar-refractivity contribution in [1.29, 1.82) is 0 Å². The van der Waals surface area contributed by atoms with E-state index in [0.29, 0.717) is 17.9 Å². The Bertz CT molecular complexity index is 681. The van der Waals surface area contributed by atoms with Gasteiger partial charge in [0.15, 0.2) is 0 Å². The zero-order chi connectivity index (χ0) is 17.4. The van der Waals surface area contributed by atoms with Crippen LogP contribution < -0.4 is 16.0 Å². The summed E-state index contributed by atoms with van der Waals surface area (Å²) in [6.07, 6.45) is 3.56. The topological polar surface area (TPSA) is 83.1 Å². The smallest absolute Gasteiger partial charge is 0.252 e. The monoisotopic (exact) mass is 326 g/mol. The molecule has 6 heteroatoms. The van der Waals surface area contributed by atoms with Crippen LogP contribution in [-0.2, 0) is 4.79 Å². The molecule has 0 fully saturated rings. The van der Waals surface area contributed by atoms with Crippen molar-refractivity contribution in [3.63, 3.8) is 0 Å². The Balaban J connectivity index is 1.93. The van der Waals surface area contributed by atoms with E-state index in [1.807, 2.05) is 12.1 Å². The number of nitrogens with zero attached hydrogens (tertiary/aromatic N) is 1. The van der Waals surface area contributed by atoms with Crippen LogP contribution >= 0.6 is 0 Å². The Hall–Kier alpha value is -2.89. The van der Waals surface area contributed by atoms with Crippen molar-refractivity contribution >= 4 is 29.0 Å². The van der Waals surface area contributed by atoms with Crippen molar-refractivity contribution in [2.24, 2.45) is 0 Å². The van der Waals surface area contributed by atoms with Crippen LogP contribution in [0.5, 0.6) is 0 Å². The number of benzene rings is 1. The zero-order valence-electron chi connectivity index (χ0n) is 13.9. The first-order valence-corrected chi connectivity index (χ1v) is 7.97. The molecule has 1 heterocycles. The van der Waals surface area contributed by atoms with Gasteiger partial charge in [-0.1, -0.05) is 13.3 Å². The fraction of sp³-hybridized carbons (Fsp3) is 0.278. The summed E-state index contributed by atoms with van der Waals surface area (Å²) in [6, 6.07) is 10.8. The first kappa shape index (κ1) is 17.5. The lowest BCUT2D eigenvalue weighted by molar-refractivity contribution is -0.114. The second kappa shape index (κ2) is 8.67. The van der Waals surface area contributed by atoms with Gasteiger partial charge >= 0.3 is 0 Å². The molecule has 0 radical (unpaired) electrons. The standard InChI is InChI=1S/C18H22N4O2/c1-3-4-11-19-18(24)14-5-10-17(20-12-14)22-16-8-6-15(7-9-16)21-13(2)23/h5-10,12H,3-4,11H2,1-2H3,(H,19,24)(H,20,22)(H,21,23). The lowest BCUT2D eigenvalue weighted by Crippen LogP contribution is -2.24. The highest BCUT2D eigenvalue weighted by Gasteiger charge is 2.05. The first-order valence-electron chi connectivity index (χ1n) is 7.97. The third-order valence-electron chi connectivity index (χ3n) is 3.32. The average Bonchev–Trinajstić information content (AvgIpc) is 2.57. The molecule has 0 unspecified atom stereocenters. The van der Waals surface area contributed by atoms with Gasteiger partial charge in [-0.15, -0.1) is 0 Å². The van der Waals surface area contributed by atoms with Gasteiger partial charge in [0, 0.05) is 31.0 Å². The number of pyridine rings is 1. The predicted molar refractivity (Wildman–Crippen MR) is 95.5 cm³/mol. The van der Waals surface area contributed by atoms with Crippen LogP contribution in [0.3, 0.4) is 0 Å². The summed E-state index contributed by atoms with van der Waals surface area (Å²) in [4.78, 5) is 27.2. The number of aromatic nitrogens is 1. The molecule has 0 saturated heterocycles. The molecule has 6 nitrogen and oxygen atoms in total. The van der Waals surface area contributed by atoms with Crippen LogP contribution in [-0.4, -0.2) is 23.3 Å².